The molecule has 1 nitrogen and oxygen atoms in total. The van der Waals surface area contributed by atoms with Gasteiger partial charge in [0.1, 0.15) is 0 Å². The average molecular weight is 278 g/mol. The number of rotatable bonds is 2. The second-order valence-electron chi connectivity index (χ2n) is 2.95. The Labute approximate surface area is 93.6 Å². The molecule has 1 unspecified atom stereocenters. The largest absolute Gasteiger partial charge is 0.416 e. The number of benzene rings is 1. The van der Waals surface area contributed by atoms with Gasteiger partial charge in [0.25, 0.3) is 0 Å². The van der Waals surface area contributed by atoms with Gasteiger partial charge in [0, 0.05) is 0 Å². The summed E-state index contributed by atoms with van der Waals surface area (Å²) in [7, 11) is 0. The summed E-state index contributed by atoms with van der Waals surface area (Å²) in [5.41, 5.74) is -0.228. The Morgan fingerprint density at radius 3 is 2.60 bits per heavy atom. The number of nitrogens with zero attached hydrogens (tertiary/aromatic N) is 1. The van der Waals surface area contributed by atoms with E-state index < -0.39 is 11.7 Å². The summed E-state index contributed by atoms with van der Waals surface area (Å²) in [5, 5.41) is 8.42. The molecule has 0 aliphatic heterocycles. The van der Waals surface area contributed by atoms with Gasteiger partial charge in [-0.3, -0.25) is 0 Å². The lowest BCUT2D eigenvalue weighted by Gasteiger charge is -2.10. The molecule has 1 aromatic carbocycles. The zero-order valence-corrected chi connectivity index (χ0v) is 9.14. The first-order valence-corrected chi connectivity index (χ1v) is 5.05. The Bertz CT molecular complexity index is 381. The number of alkyl halides is 4. The minimum absolute atomic E-state index is 0.140. The van der Waals surface area contributed by atoms with Crippen molar-refractivity contribution in [3.05, 3.63) is 35.4 Å². The molecule has 0 fully saturated rings. The first kappa shape index (κ1) is 12.1. The second-order valence-corrected chi connectivity index (χ2v) is 4.06. The van der Waals surface area contributed by atoms with Gasteiger partial charge in [-0.2, -0.15) is 18.4 Å². The van der Waals surface area contributed by atoms with Crippen LogP contribution in [0.4, 0.5) is 13.2 Å². The molecule has 0 spiro atoms. The predicted octanol–water partition coefficient (Wildman–Crippen LogP) is 4.06. The van der Waals surface area contributed by atoms with E-state index in [1.807, 2.05) is 6.07 Å². The molecule has 1 rings (SSSR count). The van der Waals surface area contributed by atoms with Crippen LogP contribution in [0.15, 0.2) is 24.3 Å². The molecule has 0 radical (unpaired) electrons. The number of hydrogen-bond acceptors (Lipinski definition) is 1. The summed E-state index contributed by atoms with van der Waals surface area (Å²) in [6.45, 7) is 0. The van der Waals surface area contributed by atoms with Gasteiger partial charge in [0.15, 0.2) is 0 Å². The van der Waals surface area contributed by atoms with Crippen LogP contribution in [0.5, 0.6) is 0 Å². The SMILES string of the molecule is N#CCC(Br)c1cccc(C(F)(F)F)c1. The van der Waals surface area contributed by atoms with Crippen molar-refractivity contribution in [2.24, 2.45) is 0 Å². The van der Waals surface area contributed by atoms with Crippen LogP contribution in [0.3, 0.4) is 0 Å². The van der Waals surface area contributed by atoms with E-state index in [1.54, 1.807) is 6.07 Å². The highest BCUT2D eigenvalue weighted by Gasteiger charge is 2.30. The van der Waals surface area contributed by atoms with Gasteiger partial charge < -0.3 is 0 Å². The highest BCUT2D eigenvalue weighted by Crippen LogP contribution is 2.33. The molecule has 0 aliphatic carbocycles. The maximum absolute atomic E-state index is 12.3. The summed E-state index contributed by atoms with van der Waals surface area (Å²) in [5.74, 6) is 0. The lowest BCUT2D eigenvalue weighted by Crippen LogP contribution is -2.05. The van der Waals surface area contributed by atoms with E-state index in [4.69, 9.17) is 5.26 Å². The smallest absolute Gasteiger partial charge is 0.198 e. The van der Waals surface area contributed by atoms with E-state index in [0.717, 1.165) is 12.1 Å². The molecule has 0 heterocycles. The van der Waals surface area contributed by atoms with Gasteiger partial charge in [0.2, 0.25) is 0 Å². The van der Waals surface area contributed by atoms with Crippen molar-refractivity contribution in [1.82, 2.24) is 0 Å². The van der Waals surface area contributed by atoms with Crippen LogP contribution in [0.2, 0.25) is 0 Å². The Kier molecular flexibility index (Phi) is 3.75. The highest BCUT2D eigenvalue weighted by molar-refractivity contribution is 9.09. The van der Waals surface area contributed by atoms with Crippen molar-refractivity contribution >= 4 is 15.9 Å². The van der Waals surface area contributed by atoms with Crippen molar-refractivity contribution < 1.29 is 13.2 Å². The number of hydrogen-bond donors (Lipinski definition) is 0. The molecule has 1 aromatic rings. The third kappa shape index (κ3) is 3.24. The molecule has 0 aromatic heterocycles. The maximum atomic E-state index is 12.3. The van der Waals surface area contributed by atoms with Crippen LogP contribution in [0.25, 0.3) is 0 Å². The van der Waals surface area contributed by atoms with Crippen LogP contribution in [-0.2, 0) is 6.18 Å². The van der Waals surface area contributed by atoms with E-state index in [9.17, 15) is 13.2 Å². The number of nitriles is 1. The van der Waals surface area contributed by atoms with E-state index in [2.05, 4.69) is 15.9 Å². The lowest BCUT2D eigenvalue weighted by molar-refractivity contribution is -0.137. The fourth-order valence-corrected chi connectivity index (χ4v) is 1.54. The Balaban J connectivity index is 2.99. The highest BCUT2D eigenvalue weighted by atomic mass is 79.9. The van der Waals surface area contributed by atoms with E-state index in [0.29, 0.717) is 5.56 Å². The van der Waals surface area contributed by atoms with Crippen LogP contribution in [0.1, 0.15) is 22.4 Å². The maximum Gasteiger partial charge on any atom is 0.416 e. The van der Waals surface area contributed by atoms with E-state index >= 15 is 0 Å². The molecule has 1 atom stereocenters. The first-order valence-electron chi connectivity index (χ1n) is 4.13. The van der Waals surface area contributed by atoms with E-state index in [-0.39, 0.29) is 11.2 Å². The molecule has 0 saturated carbocycles. The standard InChI is InChI=1S/C10H7BrF3N/c11-9(4-5-15)7-2-1-3-8(6-7)10(12,13)14/h1-3,6,9H,4H2. The summed E-state index contributed by atoms with van der Waals surface area (Å²) >= 11 is 3.16. The summed E-state index contributed by atoms with van der Waals surface area (Å²) in [6.07, 6.45) is -4.20. The zero-order valence-electron chi connectivity index (χ0n) is 7.55. The molecule has 0 N–H and O–H groups in total. The van der Waals surface area contributed by atoms with Crippen molar-refractivity contribution in [3.8, 4) is 6.07 Å². The predicted molar refractivity (Wildman–Crippen MR) is 53.3 cm³/mol. The van der Waals surface area contributed by atoms with Gasteiger partial charge in [-0.15, -0.1) is 0 Å². The van der Waals surface area contributed by atoms with Crippen molar-refractivity contribution in [2.45, 2.75) is 17.4 Å². The molecule has 0 amide bonds. The monoisotopic (exact) mass is 277 g/mol. The lowest BCUT2D eigenvalue weighted by atomic mass is 10.1. The normalized spacial score (nSPS) is 13.3. The third-order valence-corrected chi connectivity index (χ3v) is 2.70. The van der Waals surface area contributed by atoms with Crippen LogP contribution in [0, 0.1) is 11.3 Å². The van der Waals surface area contributed by atoms with Gasteiger partial charge in [-0.25, -0.2) is 0 Å². The third-order valence-electron chi connectivity index (χ3n) is 1.85. The minimum Gasteiger partial charge on any atom is -0.198 e. The molecule has 0 saturated heterocycles. The van der Waals surface area contributed by atoms with Crippen molar-refractivity contribution in [3.63, 3.8) is 0 Å². The summed E-state index contributed by atoms with van der Waals surface area (Å²) in [6, 6.07) is 6.86. The summed E-state index contributed by atoms with van der Waals surface area (Å²) < 4.78 is 37.0. The van der Waals surface area contributed by atoms with Gasteiger partial charge >= 0.3 is 6.18 Å². The topological polar surface area (TPSA) is 23.8 Å². The van der Waals surface area contributed by atoms with E-state index in [1.165, 1.54) is 6.07 Å². The summed E-state index contributed by atoms with van der Waals surface area (Å²) in [4.78, 5) is -0.357. The minimum atomic E-state index is -4.34. The molecular weight excluding hydrogens is 271 g/mol. The molecular formula is C10H7BrF3N. The average Bonchev–Trinajstić information content (AvgIpc) is 2.17. The fraction of sp³-hybridized carbons (Fsp3) is 0.300. The Morgan fingerprint density at radius 2 is 2.07 bits per heavy atom. The molecule has 0 bridgehead atoms. The second kappa shape index (κ2) is 4.67. The first-order chi connectivity index (χ1) is 6.95. The molecule has 80 valence electrons. The van der Waals surface area contributed by atoms with Crippen LogP contribution >= 0.6 is 15.9 Å². The van der Waals surface area contributed by atoms with Crippen LogP contribution < -0.4 is 0 Å². The Hall–Kier alpha value is -1.02. The Morgan fingerprint density at radius 1 is 1.40 bits per heavy atom. The molecule has 15 heavy (non-hydrogen) atoms. The van der Waals surface area contributed by atoms with Crippen molar-refractivity contribution in [1.29, 1.82) is 5.26 Å². The zero-order chi connectivity index (χ0) is 11.5. The van der Waals surface area contributed by atoms with Gasteiger partial charge in [0.05, 0.1) is 22.9 Å². The van der Waals surface area contributed by atoms with Crippen LogP contribution in [-0.4, -0.2) is 0 Å². The van der Waals surface area contributed by atoms with Crippen molar-refractivity contribution in [2.75, 3.05) is 0 Å². The van der Waals surface area contributed by atoms with Gasteiger partial charge in [-0.05, 0) is 11.6 Å². The molecule has 5 heteroatoms. The quantitative estimate of drug-likeness (QED) is 0.748. The molecule has 0 aliphatic rings. The number of halogens is 4. The van der Waals surface area contributed by atoms with Gasteiger partial charge in [-0.1, -0.05) is 34.1 Å². The fourth-order valence-electron chi connectivity index (χ4n) is 1.11.